The molecular weight excluding hydrogens is 418 g/mol. The molecule has 4 aromatic rings. The number of allylic oxidation sites excluding steroid dienone is 2. The van der Waals surface area contributed by atoms with Crippen LogP contribution in [-0.2, 0) is 12.1 Å². The van der Waals surface area contributed by atoms with E-state index in [2.05, 4.69) is 85.3 Å². The van der Waals surface area contributed by atoms with Crippen LogP contribution in [0.4, 0.5) is 0 Å². The van der Waals surface area contributed by atoms with Crippen molar-refractivity contribution in [3.63, 3.8) is 0 Å². The van der Waals surface area contributed by atoms with Gasteiger partial charge in [0.2, 0.25) is 0 Å². The molecule has 1 heterocycles. The summed E-state index contributed by atoms with van der Waals surface area (Å²) in [7, 11) is 0. The molecule has 3 aromatic carbocycles. The number of aromatic nitrogens is 1. The fourth-order valence-electron chi connectivity index (χ4n) is 5.56. The Hall–Kier alpha value is -3.56. The van der Waals surface area contributed by atoms with Crippen LogP contribution in [0.15, 0.2) is 115 Å². The van der Waals surface area contributed by atoms with E-state index in [0.29, 0.717) is 6.61 Å². The van der Waals surface area contributed by atoms with Gasteiger partial charge in [-0.25, -0.2) is 0 Å². The lowest BCUT2D eigenvalue weighted by Gasteiger charge is -2.47. The third-order valence-electron chi connectivity index (χ3n) is 7.17. The van der Waals surface area contributed by atoms with Crippen LogP contribution >= 0.6 is 0 Å². The smallest absolute Gasteiger partial charge is 0.120 e. The lowest BCUT2D eigenvalue weighted by Crippen LogP contribution is -2.50. The number of benzene rings is 3. The van der Waals surface area contributed by atoms with E-state index in [-0.39, 0.29) is 5.92 Å². The molecule has 34 heavy (non-hydrogen) atoms. The minimum absolute atomic E-state index is 0.106. The third-order valence-corrected chi connectivity index (χ3v) is 7.17. The highest BCUT2D eigenvalue weighted by Crippen LogP contribution is 2.48. The van der Waals surface area contributed by atoms with Crippen LogP contribution in [0.5, 0.6) is 5.75 Å². The molecule has 3 heteroatoms. The Kier molecular flexibility index (Phi) is 6.12. The minimum Gasteiger partial charge on any atom is -0.489 e. The van der Waals surface area contributed by atoms with Gasteiger partial charge >= 0.3 is 0 Å². The molecule has 0 bridgehead atoms. The highest BCUT2D eigenvalue weighted by molar-refractivity contribution is 5.82. The van der Waals surface area contributed by atoms with Crippen molar-refractivity contribution < 1.29 is 9.84 Å². The summed E-state index contributed by atoms with van der Waals surface area (Å²) in [6, 6.07) is 29.1. The SMILES string of the molecule is CCC(c1ccccc1)[C@]1(n2ccc3cc(OCc4ccccc4)ccc32)C(C)=CC=C[C@@H]1O. The Morgan fingerprint density at radius 2 is 1.71 bits per heavy atom. The summed E-state index contributed by atoms with van der Waals surface area (Å²) in [4.78, 5) is 0. The van der Waals surface area contributed by atoms with Crippen LogP contribution < -0.4 is 4.74 Å². The number of aliphatic hydroxyl groups excluding tert-OH is 1. The molecule has 0 fully saturated rings. The Morgan fingerprint density at radius 1 is 0.971 bits per heavy atom. The number of rotatable bonds is 7. The maximum atomic E-state index is 11.6. The first kappa shape index (κ1) is 22.2. The molecule has 172 valence electrons. The molecule has 1 aromatic heterocycles. The monoisotopic (exact) mass is 449 g/mol. The normalized spacial score (nSPS) is 20.8. The molecule has 0 amide bonds. The van der Waals surface area contributed by atoms with Gasteiger partial charge in [0.15, 0.2) is 0 Å². The van der Waals surface area contributed by atoms with Crippen LogP contribution in [0, 0.1) is 0 Å². The van der Waals surface area contributed by atoms with Crippen molar-refractivity contribution in [2.45, 2.75) is 44.4 Å². The highest BCUT2D eigenvalue weighted by atomic mass is 16.5. The van der Waals surface area contributed by atoms with Crippen LogP contribution in [0.1, 0.15) is 37.3 Å². The number of ether oxygens (including phenoxy) is 1. The molecule has 0 saturated carbocycles. The van der Waals surface area contributed by atoms with Gasteiger partial charge in [0, 0.05) is 23.0 Å². The standard InChI is InChI=1S/C31H31NO2/c1-3-28(25-14-8-5-9-15-25)31(23(2)11-10-16-30(31)33)32-20-19-26-21-27(17-18-29(26)32)34-22-24-12-6-4-7-13-24/h4-21,28,30,33H,3,22H2,1-2H3/t28?,30-,31+/m0/s1. The molecule has 1 N–H and O–H groups in total. The van der Waals surface area contributed by atoms with Gasteiger partial charge in [-0.3, -0.25) is 0 Å². The summed E-state index contributed by atoms with van der Waals surface area (Å²) in [5, 5.41) is 12.7. The Balaban J connectivity index is 1.58. The average molecular weight is 450 g/mol. The van der Waals surface area contributed by atoms with Crippen LogP contribution in [0.2, 0.25) is 0 Å². The Labute approximate surface area is 201 Å². The van der Waals surface area contributed by atoms with Gasteiger partial charge < -0.3 is 14.4 Å². The van der Waals surface area contributed by atoms with Crippen molar-refractivity contribution in [1.29, 1.82) is 0 Å². The van der Waals surface area contributed by atoms with E-state index in [4.69, 9.17) is 4.74 Å². The van der Waals surface area contributed by atoms with E-state index in [1.165, 1.54) is 5.56 Å². The lowest BCUT2D eigenvalue weighted by molar-refractivity contribution is 0.0735. The Bertz CT molecular complexity index is 1320. The first-order valence-corrected chi connectivity index (χ1v) is 12.0. The van der Waals surface area contributed by atoms with Crippen molar-refractivity contribution in [2.75, 3.05) is 0 Å². The lowest BCUT2D eigenvalue weighted by atomic mass is 9.67. The van der Waals surface area contributed by atoms with E-state index >= 15 is 0 Å². The summed E-state index contributed by atoms with van der Waals surface area (Å²) in [6.07, 6.45) is 8.40. The largest absolute Gasteiger partial charge is 0.489 e. The zero-order valence-electron chi connectivity index (χ0n) is 19.8. The minimum atomic E-state index is -0.646. The first-order valence-electron chi connectivity index (χ1n) is 12.0. The van der Waals surface area contributed by atoms with Gasteiger partial charge in [0.05, 0.1) is 0 Å². The van der Waals surface area contributed by atoms with E-state index in [0.717, 1.165) is 34.2 Å². The summed E-state index contributed by atoms with van der Waals surface area (Å²) < 4.78 is 8.36. The number of nitrogens with zero attached hydrogens (tertiary/aromatic N) is 1. The van der Waals surface area contributed by atoms with Crippen LogP contribution in [-0.4, -0.2) is 15.8 Å². The molecule has 3 nitrogen and oxygen atoms in total. The van der Waals surface area contributed by atoms with Gasteiger partial charge in [-0.1, -0.05) is 85.8 Å². The molecule has 0 radical (unpaired) electrons. The zero-order valence-corrected chi connectivity index (χ0v) is 19.8. The van der Waals surface area contributed by atoms with Gasteiger partial charge in [0.25, 0.3) is 0 Å². The van der Waals surface area contributed by atoms with Crippen LogP contribution in [0.3, 0.4) is 0 Å². The van der Waals surface area contributed by atoms with E-state index in [9.17, 15) is 5.11 Å². The summed E-state index contributed by atoms with van der Waals surface area (Å²) in [5.41, 5.74) is 4.00. The van der Waals surface area contributed by atoms with Gasteiger partial charge in [-0.15, -0.1) is 0 Å². The van der Waals surface area contributed by atoms with Gasteiger partial charge in [-0.05, 0) is 54.3 Å². The molecular formula is C31H31NO2. The second-order valence-electron chi connectivity index (χ2n) is 9.06. The average Bonchev–Trinajstić information content (AvgIpc) is 3.30. The predicted molar refractivity (Wildman–Crippen MR) is 139 cm³/mol. The van der Waals surface area contributed by atoms with E-state index in [1.54, 1.807) is 0 Å². The molecule has 1 unspecified atom stereocenters. The molecule has 0 aliphatic heterocycles. The molecule has 1 aliphatic rings. The van der Waals surface area contributed by atoms with Crippen molar-refractivity contribution in [3.8, 4) is 5.75 Å². The fourth-order valence-corrected chi connectivity index (χ4v) is 5.56. The van der Waals surface area contributed by atoms with Gasteiger partial charge in [-0.2, -0.15) is 0 Å². The number of hydrogen-bond donors (Lipinski definition) is 1. The van der Waals surface area contributed by atoms with E-state index < -0.39 is 11.6 Å². The second-order valence-corrected chi connectivity index (χ2v) is 9.06. The summed E-state index contributed by atoms with van der Waals surface area (Å²) in [5.74, 6) is 0.948. The zero-order chi connectivity index (χ0) is 23.5. The molecule has 3 atom stereocenters. The quantitative estimate of drug-likeness (QED) is 0.330. The maximum Gasteiger partial charge on any atom is 0.120 e. The summed E-state index contributed by atoms with van der Waals surface area (Å²) >= 11 is 0. The fraction of sp³-hybridized carbons (Fsp3) is 0.226. The predicted octanol–water partition coefficient (Wildman–Crippen LogP) is 6.99. The maximum absolute atomic E-state index is 11.6. The molecule has 0 spiro atoms. The van der Waals surface area contributed by atoms with Crippen molar-refractivity contribution >= 4 is 10.9 Å². The van der Waals surface area contributed by atoms with Gasteiger partial charge in [0.1, 0.15) is 24.0 Å². The number of aliphatic hydroxyl groups is 1. The number of fused-ring (bicyclic) bond motifs is 1. The second kappa shape index (κ2) is 9.36. The van der Waals surface area contributed by atoms with Crippen molar-refractivity contribution in [2.24, 2.45) is 0 Å². The third kappa shape index (κ3) is 3.76. The summed E-state index contributed by atoms with van der Waals surface area (Å²) in [6.45, 7) is 4.88. The van der Waals surface area contributed by atoms with Crippen molar-refractivity contribution in [1.82, 2.24) is 4.57 Å². The molecule has 0 saturated heterocycles. The van der Waals surface area contributed by atoms with Crippen LogP contribution in [0.25, 0.3) is 10.9 Å². The van der Waals surface area contributed by atoms with E-state index in [1.807, 2.05) is 42.5 Å². The molecule has 5 rings (SSSR count). The van der Waals surface area contributed by atoms with Crippen molar-refractivity contribution in [3.05, 3.63) is 126 Å². The molecule has 1 aliphatic carbocycles. The topological polar surface area (TPSA) is 34.4 Å². The number of hydrogen-bond acceptors (Lipinski definition) is 2. The highest BCUT2D eigenvalue weighted by Gasteiger charge is 2.48. The first-order chi connectivity index (χ1) is 16.6. The Morgan fingerprint density at radius 3 is 2.41 bits per heavy atom.